The topological polar surface area (TPSA) is 15.3 Å². The summed E-state index contributed by atoms with van der Waals surface area (Å²) in [5, 5.41) is 3.56. The minimum Gasteiger partial charge on any atom is -0.314 e. The van der Waals surface area contributed by atoms with E-state index in [4.69, 9.17) is 0 Å². The lowest BCUT2D eigenvalue weighted by Gasteiger charge is -2.53. The van der Waals surface area contributed by atoms with Crippen molar-refractivity contribution in [2.75, 3.05) is 19.6 Å². The van der Waals surface area contributed by atoms with Gasteiger partial charge < -0.3 is 5.32 Å². The molecule has 2 aliphatic rings. The number of hydrogen-bond donors (Lipinski definition) is 1. The number of rotatable bonds is 1. The number of piperazine rings is 1. The van der Waals surface area contributed by atoms with Gasteiger partial charge in [0, 0.05) is 31.2 Å². The van der Waals surface area contributed by atoms with Crippen LogP contribution in [0, 0.1) is 11.3 Å². The largest absolute Gasteiger partial charge is 0.314 e. The van der Waals surface area contributed by atoms with Crippen molar-refractivity contribution >= 4 is 0 Å². The van der Waals surface area contributed by atoms with Gasteiger partial charge in [0.1, 0.15) is 0 Å². The third kappa shape index (κ3) is 2.91. The van der Waals surface area contributed by atoms with E-state index in [0.29, 0.717) is 11.0 Å². The van der Waals surface area contributed by atoms with Gasteiger partial charge in [-0.1, -0.05) is 33.6 Å². The van der Waals surface area contributed by atoms with Crippen molar-refractivity contribution in [2.24, 2.45) is 11.3 Å². The maximum Gasteiger partial charge on any atom is 0.0281 e. The smallest absolute Gasteiger partial charge is 0.0281 e. The molecule has 1 N–H and O–H groups in total. The molecule has 2 nitrogen and oxygen atoms in total. The van der Waals surface area contributed by atoms with E-state index in [1.165, 1.54) is 32.2 Å². The maximum atomic E-state index is 3.56. The maximum absolute atomic E-state index is 3.56. The van der Waals surface area contributed by atoms with Crippen LogP contribution < -0.4 is 5.32 Å². The molecule has 0 radical (unpaired) electrons. The molecular formula is C16H32N2. The van der Waals surface area contributed by atoms with Crippen molar-refractivity contribution in [2.45, 2.75) is 71.9 Å². The molecule has 0 aromatic heterocycles. The summed E-state index contributed by atoms with van der Waals surface area (Å²) in [5.74, 6) is 0.864. The first-order valence-corrected chi connectivity index (χ1v) is 7.80. The van der Waals surface area contributed by atoms with Gasteiger partial charge in [0.2, 0.25) is 0 Å². The van der Waals surface area contributed by atoms with Crippen LogP contribution in [0.4, 0.5) is 0 Å². The van der Waals surface area contributed by atoms with Crippen LogP contribution in [0.1, 0.15) is 60.3 Å². The van der Waals surface area contributed by atoms with Gasteiger partial charge in [-0.15, -0.1) is 0 Å². The number of nitrogens with one attached hydrogen (secondary N) is 1. The van der Waals surface area contributed by atoms with Gasteiger partial charge in [-0.25, -0.2) is 0 Å². The second-order valence-corrected chi connectivity index (χ2v) is 8.01. The molecule has 106 valence electrons. The van der Waals surface area contributed by atoms with Gasteiger partial charge in [0.05, 0.1) is 0 Å². The Hall–Kier alpha value is -0.0800. The fourth-order valence-electron chi connectivity index (χ4n) is 4.11. The molecule has 0 amide bonds. The van der Waals surface area contributed by atoms with Gasteiger partial charge in [-0.05, 0) is 38.0 Å². The van der Waals surface area contributed by atoms with E-state index in [9.17, 15) is 0 Å². The minimum absolute atomic E-state index is 0.323. The highest BCUT2D eigenvalue weighted by Crippen LogP contribution is 2.42. The first-order chi connectivity index (χ1) is 8.32. The molecule has 2 unspecified atom stereocenters. The summed E-state index contributed by atoms with van der Waals surface area (Å²) in [6.45, 7) is 15.7. The summed E-state index contributed by atoms with van der Waals surface area (Å²) in [6, 6.07) is 0.802. The predicted molar refractivity (Wildman–Crippen MR) is 78.9 cm³/mol. The third-order valence-corrected chi connectivity index (χ3v) is 5.11. The number of hydrogen-bond acceptors (Lipinski definition) is 2. The molecule has 1 heterocycles. The van der Waals surface area contributed by atoms with E-state index in [1.807, 2.05) is 0 Å². The summed E-state index contributed by atoms with van der Waals surface area (Å²) in [5.41, 5.74) is 0.774. The Balaban J connectivity index is 2.17. The standard InChI is InChI=1S/C16H32N2/c1-15(2,3)13-8-6-7-9-14(13)18-11-10-17-12-16(18,4)5/h13-14,17H,6-12H2,1-5H3. The molecule has 2 heteroatoms. The minimum atomic E-state index is 0.323. The Morgan fingerprint density at radius 1 is 1.11 bits per heavy atom. The third-order valence-electron chi connectivity index (χ3n) is 5.11. The fraction of sp³-hybridized carbons (Fsp3) is 1.00. The van der Waals surface area contributed by atoms with Crippen LogP contribution in [0.5, 0.6) is 0 Å². The van der Waals surface area contributed by atoms with E-state index in [-0.39, 0.29) is 0 Å². The van der Waals surface area contributed by atoms with E-state index in [1.54, 1.807) is 0 Å². The zero-order valence-corrected chi connectivity index (χ0v) is 13.1. The molecule has 1 aliphatic heterocycles. The van der Waals surface area contributed by atoms with Gasteiger partial charge in [0.25, 0.3) is 0 Å². The molecule has 1 aliphatic carbocycles. The first-order valence-electron chi connectivity index (χ1n) is 7.80. The molecule has 0 spiro atoms. The van der Waals surface area contributed by atoms with E-state index >= 15 is 0 Å². The summed E-state index contributed by atoms with van der Waals surface area (Å²) in [4.78, 5) is 2.82. The van der Waals surface area contributed by atoms with Crippen LogP contribution in [0.25, 0.3) is 0 Å². The molecule has 2 fully saturated rings. The summed E-state index contributed by atoms with van der Waals surface area (Å²) >= 11 is 0. The zero-order valence-electron chi connectivity index (χ0n) is 13.1. The van der Waals surface area contributed by atoms with Crippen molar-refractivity contribution < 1.29 is 0 Å². The van der Waals surface area contributed by atoms with E-state index < -0.39 is 0 Å². The average Bonchev–Trinajstić information content (AvgIpc) is 2.27. The van der Waals surface area contributed by atoms with Crippen LogP contribution in [-0.2, 0) is 0 Å². The van der Waals surface area contributed by atoms with Gasteiger partial charge in [-0.2, -0.15) is 0 Å². The number of nitrogens with zero attached hydrogens (tertiary/aromatic N) is 1. The van der Waals surface area contributed by atoms with Crippen LogP contribution in [0.3, 0.4) is 0 Å². The molecule has 1 saturated heterocycles. The highest BCUT2D eigenvalue weighted by atomic mass is 15.3. The Labute approximate surface area is 114 Å². The second-order valence-electron chi connectivity index (χ2n) is 8.01. The van der Waals surface area contributed by atoms with Crippen molar-refractivity contribution in [3.63, 3.8) is 0 Å². The predicted octanol–water partition coefficient (Wildman–Crippen LogP) is 3.28. The fourth-order valence-corrected chi connectivity index (χ4v) is 4.11. The lowest BCUT2D eigenvalue weighted by molar-refractivity contribution is -0.0288. The SMILES string of the molecule is CC(C)(C)C1CCCCC1N1CCNCC1(C)C. The summed E-state index contributed by atoms with van der Waals surface area (Å²) < 4.78 is 0. The quantitative estimate of drug-likeness (QED) is 0.770. The lowest BCUT2D eigenvalue weighted by Crippen LogP contribution is -2.63. The Bertz CT molecular complexity index is 277. The molecule has 1 saturated carbocycles. The molecule has 0 aromatic rings. The normalized spacial score (nSPS) is 34.5. The van der Waals surface area contributed by atoms with Crippen molar-refractivity contribution in [3.8, 4) is 0 Å². The van der Waals surface area contributed by atoms with Crippen LogP contribution in [0.15, 0.2) is 0 Å². The van der Waals surface area contributed by atoms with Gasteiger partial charge in [0.15, 0.2) is 0 Å². The highest BCUT2D eigenvalue weighted by Gasteiger charge is 2.42. The second kappa shape index (κ2) is 5.13. The molecule has 18 heavy (non-hydrogen) atoms. The summed E-state index contributed by atoms with van der Waals surface area (Å²) in [7, 11) is 0. The van der Waals surface area contributed by atoms with Gasteiger partial charge >= 0.3 is 0 Å². The van der Waals surface area contributed by atoms with Crippen molar-refractivity contribution in [1.29, 1.82) is 0 Å². The molecular weight excluding hydrogens is 220 g/mol. The first kappa shape index (κ1) is 14.3. The highest BCUT2D eigenvalue weighted by molar-refractivity contribution is 4.98. The Kier molecular flexibility index (Phi) is 4.08. The lowest BCUT2D eigenvalue weighted by atomic mass is 9.68. The molecule has 0 bridgehead atoms. The molecule has 0 aromatic carbocycles. The molecule has 2 atom stereocenters. The summed E-state index contributed by atoms with van der Waals surface area (Å²) in [6.07, 6.45) is 5.70. The van der Waals surface area contributed by atoms with Crippen LogP contribution in [0.2, 0.25) is 0 Å². The molecule has 2 rings (SSSR count). The van der Waals surface area contributed by atoms with Crippen LogP contribution in [-0.4, -0.2) is 36.1 Å². The van der Waals surface area contributed by atoms with Crippen molar-refractivity contribution in [1.82, 2.24) is 10.2 Å². The Morgan fingerprint density at radius 2 is 1.78 bits per heavy atom. The van der Waals surface area contributed by atoms with E-state index in [0.717, 1.165) is 25.0 Å². The monoisotopic (exact) mass is 252 g/mol. The Morgan fingerprint density at radius 3 is 2.39 bits per heavy atom. The average molecular weight is 252 g/mol. The van der Waals surface area contributed by atoms with Crippen LogP contribution >= 0.6 is 0 Å². The zero-order chi connectivity index (χ0) is 13.4. The van der Waals surface area contributed by atoms with Crippen molar-refractivity contribution in [3.05, 3.63) is 0 Å². The van der Waals surface area contributed by atoms with E-state index in [2.05, 4.69) is 44.8 Å². The van der Waals surface area contributed by atoms with Gasteiger partial charge in [-0.3, -0.25) is 4.90 Å².